The van der Waals surface area contributed by atoms with Gasteiger partial charge in [0.2, 0.25) is 0 Å². The molecule has 2 aromatic heterocycles. The lowest BCUT2D eigenvalue weighted by atomic mass is 9.81. The highest BCUT2D eigenvalue weighted by molar-refractivity contribution is 6.28. The average molecular weight is 599 g/mol. The maximum Gasteiger partial charge on any atom is 0.0548 e. The number of aromatic nitrogens is 2. The molecule has 47 heavy (non-hydrogen) atoms. The summed E-state index contributed by atoms with van der Waals surface area (Å²) >= 11 is 0. The van der Waals surface area contributed by atoms with Gasteiger partial charge in [-0.1, -0.05) is 98.8 Å². The van der Waals surface area contributed by atoms with Crippen LogP contribution in [0.3, 0.4) is 0 Å². The molecule has 0 saturated carbocycles. The van der Waals surface area contributed by atoms with Crippen LogP contribution in [0.4, 0.5) is 0 Å². The zero-order valence-electron chi connectivity index (χ0n) is 26.3. The third kappa shape index (κ3) is 3.20. The lowest BCUT2D eigenvalue weighted by Crippen LogP contribution is -2.15. The standard InChI is InChI=1S/C45H30N2/c1-45(2)37-25-29-17-19-33(37)34-20-18-30(26-38(34)45)28-10-8-12-32(24-28)47-40-16-6-4-14-36(40)44-42(47)22-21-41-43(44)35-13-3-5-15-39(35)46(41)31-11-7-9-27(29)23-31/h3-26H,1-2H3. The minimum atomic E-state index is -0.112. The predicted octanol–water partition coefficient (Wildman–Crippen LogP) is 11.8. The first kappa shape index (κ1) is 25.3. The van der Waals surface area contributed by atoms with E-state index in [1.54, 1.807) is 0 Å². The van der Waals surface area contributed by atoms with E-state index < -0.39 is 0 Å². The number of para-hydroxylation sites is 2. The molecule has 0 unspecified atom stereocenters. The van der Waals surface area contributed by atoms with Gasteiger partial charge in [-0.05, 0) is 105 Å². The van der Waals surface area contributed by atoms with Crippen LogP contribution in [0.1, 0.15) is 25.0 Å². The van der Waals surface area contributed by atoms with Crippen molar-refractivity contribution >= 4 is 43.6 Å². The molecule has 11 rings (SSSR count). The van der Waals surface area contributed by atoms with E-state index in [1.807, 2.05) is 0 Å². The molecule has 0 fully saturated rings. The highest BCUT2D eigenvalue weighted by Gasteiger charge is 2.36. The van der Waals surface area contributed by atoms with Crippen molar-refractivity contribution in [1.82, 2.24) is 9.13 Å². The van der Waals surface area contributed by atoms with Crippen LogP contribution in [0.25, 0.3) is 88.4 Å². The van der Waals surface area contributed by atoms with Crippen molar-refractivity contribution in [3.63, 3.8) is 0 Å². The molecule has 2 heteroatoms. The maximum absolute atomic E-state index is 2.46. The van der Waals surface area contributed by atoms with Gasteiger partial charge >= 0.3 is 0 Å². The van der Waals surface area contributed by atoms with Crippen molar-refractivity contribution in [3.05, 3.63) is 157 Å². The summed E-state index contributed by atoms with van der Waals surface area (Å²) in [5, 5.41) is 5.15. The van der Waals surface area contributed by atoms with Gasteiger partial charge in [-0.3, -0.25) is 0 Å². The third-order valence-electron chi connectivity index (χ3n) is 11.0. The fourth-order valence-corrected chi connectivity index (χ4v) is 8.82. The SMILES string of the molecule is CC1(C)c2cc3ccc2-c2ccc(cc21)-c1cccc(c1)-n1c2ccccc2c2c4c5ccccc5n(c4ccc21)-c1cccc-3c1. The van der Waals surface area contributed by atoms with Gasteiger partial charge in [0.05, 0.1) is 22.1 Å². The van der Waals surface area contributed by atoms with E-state index in [0.29, 0.717) is 0 Å². The Kier molecular flexibility index (Phi) is 4.68. The minimum Gasteiger partial charge on any atom is -0.309 e. The van der Waals surface area contributed by atoms with E-state index in [9.17, 15) is 0 Å². The Morgan fingerprint density at radius 2 is 0.830 bits per heavy atom. The van der Waals surface area contributed by atoms with Crippen LogP contribution in [0.15, 0.2) is 146 Å². The minimum absolute atomic E-state index is 0.112. The lowest BCUT2D eigenvalue weighted by molar-refractivity contribution is 0.661. The fourth-order valence-electron chi connectivity index (χ4n) is 8.82. The van der Waals surface area contributed by atoms with Gasteiger partial charge in [-0.15, -0.1) is 0 Å². The summed E-state index contributed by atoms with van der Waals surface area (Å²) in [6.07, 6.45) is 0. The topological polar surface area (TPSA) is 9.86 Å². The van der Waals surface area contributed by atoms with E-state index in [0.717, 1.165) is 0 Å². The van der Waals surface area contributed by atoms with Crippen LogP contribution < -0.4 is 0 Å². The number of rotatable bonds is 0. The van der Waals surface area contributed by atoms with Gasteiger partial charge in [0.25, 0.3) is 0 Å². The van der Waals surface area contributed by atoms with Crippen molar-refractivity contribution in [3.8, 4) is 44.8 Å². The number of hydrogen-bond acceptors (Lipinski definition) is 0. The summed E-state index contributed by atoms with van der Waals surface area (Å²) in [6.45, 7) is 4.77. The van der Waals surface area contributed by atoms with E-state index in [-0.39, 0.29) is 5.41 Å². The Morgan fingerprint density at radius 3 is 1.32 bits per heavy atom. The molecule has 3 heterocycles. The molecule has 1 aliphatic carbocycles. The second-order valence-electron chi connectivity index (χ2n) is 13.8. The number of fused-ring (bicyclic) bond motifs is 19. The molecule has 0 radical (unpaired) electrons. The number of hydrogen-bond donors (Lipinski definition) is 0. The molecule has 10 bridgehead atoms. The van der Waals surface area contributed by atoms with Gasteiger partial charge in [0.15, 0.2) is 0 Å². The smallest absolute Gasteiger partial charge is 0.0548 e. The Hall–Kier alpha value is -5.86. The lowest BCUT2D eigenvalue weighted by Gasteiger charge is -2.23. The van der Waals surface area contributed by atoms with Crippen LogP contribution in [-0.4, -0.2) is 9.13 Å². The highest BCUT2D eigenvalue weighted by Crippen LogP contribution is 2.51. The van der Waals surface area contributed by atoms with Gasteiger partial charge in [-0.2, -0.15) is 0 Å². The maximum atomic E-state index is 2.46. The third-order valence-corrected chi connectivity index (χ3v) is 11.0. The molecule has 0 saturated heterocycles. The summed E-state index contributed by atoms with van der Waals surface area (Å²) < 4.78 is 4.92. The van der Waals surface area contributed by atoms with Crippen molar-refractivity contribution in [2.24, 2.45) is 0 Å². The second kappa shape index (κ2) is 8.69. The molecule has 220 valence electrons. The normalized spacial score (nSPS) is 13.9. The molecule has 0 spiro atoms. The molecule has 9 aromatic rings. The molecule has 2 aliphatic rings. The Bertz CT molecular complexity index is 2630. The first-order valence-corrected chi connectivity index (χ1v) is 16.5. The van der Waals surface area contributed by atoms with E-state index >= 15 is 0 Å². The van der Waals surface area contributed by atoms with Crippen LogP contribution in [0, 0.1) is 0 Å². The molecule has 2 nitrogen and oxygen atoms in total. The number of benzene rings is 7. The summed E-state index contributed by atoms with van der Waals surface area (Å²) in [5.74, 6) is 0. The Balaban J connectivity index is 1.35. The Labute approximate surface area is 272 Å². The summed E-state index contributed by atoms with van der Waals surface area (Å²) in [5.41, 5.74) is 17.6. The molecule has 0 atom stereocenters. The summed E-state index contributed by atoms with van der Waals surface area (Å²) in [6, 6.07) is 54.8. The molecule has 0 amide bonds. The molecule has 7 aromatic carbocycles. The van der Waals surface area contributed by atoms with Crippen molar-refractivity contribution in [1.29, 1.82) is 0 Å². The van der Waals surface area contributed by atoms with Crippen LogP contribution >= 0.6 is 0 Å². The van der Waals surface area contributed by atoms with Crippen LogP contribution in [0.5, 0.6) is 0 Å². The number of nitrogens with zero attached hydrogens (tertiary/aromatic N) is 2. The monoisotopic (exact) mass is 598 g/mol. The van der Waals surface area contributed by atoms with Gasteiger partial charge in [-0.25, -0.2) is 0 Å². The molecule has 0 N–H and O–H groups in total. The fraction of sp³-hybridized carbons (Fsp3) is 0.0667. The largest absolute Gasteiger partial charge is 0.309 e. The zero-order chi connectivity index (χ0) is 31.0. The van der Waals surface area contributed by atoms with Crippen LogP contribution in [-0.2, 0) is 5.41 Å². The van der Waals surface area contributed by atoms with Crippen LogP contribution in [0.2, 0.25) is 0 Å². The zero-order valence-corrected chi connectivity index (χ0v) is 26.3. The van der Waals surface area contributed by atoms with E-state index in [4.69, 9.17) is 0 Å². The van der Waals surface area contributed by atoms with Crippen molar-refractivity contribution in [2.75, 3.05) is 0 Å². The predicted molar refractivity (Wildman–Crippen MR) is 197 cm³/mol. The Morgan fingerprint density at radius 1 is 0.383 bits per heavy atom. The quantitative estimate of drug-likeness (QED) is 0.164. The van der Waals surface area contributed by atoms with E-state index in [1.165, 1.54) is 99.5 Å². The van der Waals surface area contributed by atoms with Crippen molar-refractivity contribution in [2.45, 2.75) is 19.3 Å². The average Bonchev–Trinajstić information content (AvgIpc) is 3.71. The van der Waals surface area contributed by atoms with Gasteiger partial charge < -0.3 is 9.13 Å². The van der Waals surface area contributed by atoms with E-state index in [2.05, 4.69) is 169 Å². The summed E-state index contributed by atoms with van der Waals surface area (Å²) in [4.78, 5) is 0. The second-order valence-corrected chi connectivity index (χ2v) is 13.8. The highest BCUT2D eigenvalue weighted by atomic mass is 15.0. The molecule has 1 aliphatic heterocycles. The van der Waals surface area contributed by atoms with Crippen molar-refractivity contribution < 1.29 is 0 Å². The van der Waals surface area contributed by atoms with Gasteiger partial charge in [0, 0.05) is 38.3 Å². The first-order valence-electron chi connectivity index (χ1n) is 16.5. The molecular weight excluding hydrogens is 569 g/mol. The first-order chi connectivity index (χ1) is 23.1. The summed E-state index contributed by atoms with van der Waals surface area (Å²) in [7, 11) is 0. The molecular formula is C45H30N2. The van der Waals surface area contributed by atoms with Gasteiger partial charge in [0.1, 0.15) is 0 Å².